The monoisotopic (exact) mass is 406 g/mol. The molecule has 3 heterocycles. The molecule has 1 saturated heterocycles. The molecular weight excluding hydrogens is 390 g/mol. The minimum Gasteiger partial charge on any atom is -0.359 e. The molecule has 1 aliphatic heterocycles. The van der Waals surface area contributed by atoms with Gasteiger partial charge in [-0.3, -0.25) is 4.79 Å². The summed E-state index contributed by atoms with van der Waals surface area (Å²) in [5, 5.41) is 7.77. The largest absolute Gasteiger partial charge is 0.359 e. The first-order valence-corrected chi connectivity index (χ1v) is 9.26. The summed E-state index contributed by atoms with van der Waals surface area (Å²) in [6.07, 6.45) is 2.29. The first kappa shape index (κ1) is 18.2. The average Bonchev–Trinajstić information content (AvgIpc) is 3.11. The molecule has 1 aliphatic rings. The molecule has 1 atom stereocenters. The van der Waals surface area contributed by atoms with E-state index in [1.165, 1.54) is 16.7 Å². The highest BCUT2D eigenvalue weighted by molar-refractivity contribution is 6.42. The van der Waals surface area contributed by atoms with Crippen LogP contribution in [-0.2, 0) is 12.6 Å². The van der Waals surface area contributed by atoms with E-state index in [0.717, 1.165) is 5.39 Å². The van der Waals surface area contributed by atoms with Gasteiger partial charge in [-0.05, 0) is 43.3 Å². The van der Waals surface area contributed by atoms with Gasteiger partial charge in [-0.15, -0.1) is 0 Å². The van der Waals surface area contributed by atoms with Crippen LogP contribution >= 0.6 is 23.2 Å². The molecule has 8 heteroatoms. The van der Waals surface area contributed by atoms with Crippen LogP contribution in [0.15, 0.2) is 41.3 Å². The van der Waals surface area contributed by atoms with Crippen molar-refractivity contribution in [3.8, 4) is 0 Å². The molecule has 140 valence electrons. The molecule has 0 spiro atoms. The Bertz CT molecular complexity index is 1090. The minimum absolute atomic E-state index is 0.185. The molecule has 0 bridgehead atoms. The van der Waals surface area contributed by atoms with Crippen molar-refractivity contribution in [2.45, 2.75) is 12.0 Å². The van der Waals surface area contributed by atoms with Gasteiger partial charge in [-0.2, -0.15) is 0 Å². The van der Waals surface area contributed by atoms with Gasteiger partial charge in [0, 0.05) is 30.7 Å². The number of rotatable bonds is 3. The molecule has 0 saturated carbocycles. The second-order valence-corrected chi connectivity index (χ2v) is 7.50. The number of pyridine rings is 2. The number of hydrogen-bond donors (Lipinski definition) is 2. The van der Waals surface area contributed by atoms with Crippen molar-refractivity contribution in [2.75, 3.05) is 18.4 Å². The number of nitrogens with one attached hydrogen (secondary N) is 2. The second kappa shape index (κ2) is 6.78. The van der Waals surface area contributed by atoms with Crippen LogP contribution in [0, 0.1) is 5.82 Å². The van der Waals surface area contributed by atoms with E-state index in [1.807, 2.05) is 12.1 Å². The van der Waals surface area contributed by atoms with Crippen molar-refractivity contribution >= 4 is 39.9 Å². The van der Waals surface area contributed by atoms with Crippen LogP contribution in [0.2, 0.25) is 10.0 Å². The third kappa shape index (κ3) is 3.08. The maximum Gasteiger partial charge on any atom is 0.276 e. The van der Waals surface area contributed by atoms with E-state index in [1.54, 1.807) is 19.3 Å². The lowest BCUT2D eigenvalue weighted by Gasteiger charge is -2.32. The summed E-state index contributed by atoms with van der Waals surface area (Å²) in [4.78, 5) is 16.9. The van der Waals surface area contributed by atoms with Gasteiger partial charge in [0.1, 0.15) is 17.2 Å². The lowest BCUT2D eigenvalue weighted by atomic mass is 9.88. The maximum atomic E-state index is 14.7. The Kier molecular flexibility index (Phi) is 4.58. The molecule has 0 radical (unpaired) electrons. The number of halogens is 3. The van der Waals surface area contributed by atoms with Gasteiger partial charge in [0.15, 0.2) is 0 Å². The van der Waals surface area contributed by atoms with E-state index in [9.17, 15) is 9.18 Å². The van der Waals surface area contributed by atoms with E-state index in [0.29, 0.717) is 41.4 Å². The number of fused-ring (bicyclic) bond motifs is 1. The van der Waals surface area contributed by atoms with Crippen molar-refractivity contribution < 1.29 is 4.39 Å². The van der Waals surface area contributed by atoms with Crippen molar-refractivity contribution in [3.05, 3.63) is 68.3 Å². The number of hydrogen-bond acceptors (Lipinski definition) is 4. The number of benzene rings is 1. The minimum atomic E-state index is -0.813. The van der Waals surface area contributed by atoms with Crippen LogP contribution in [0.1, 0.15) is 12.0 Å². The van der Waals surface area contributed by atoms with Gasteiger partial charge >= 0.3 is 0 Å². The average molecular weight is 407 g/mol. The fraction of sp³-hybridized carbons (Fsp3) is 0.263. The van der Waals surface area contributed by atoms with Crippen molar-refractivity contribution in [2.24, 2.45) is 7.05 Å². The molecule has 2 aromatic heterocycles. The standard InChI is InChI=1S/C19H17Cl2FN4O/c1-26-9-6-11-2-5-14(24-17(11)18(26)27)25-19(7-8-23-10-19)15-13(22)4-3-12(20)16(15)21/h2-6,9,23H,7-8,10H2,1H3,(H,24,25)/t19-/m0/s1. The number of anilines is 1. The summed E-state index contributed by atoms with van der Waals surface area (Å²) in [7, 11) is 1.67. The van der Waals surface area contributed by atoms with Crippen LogP contribution in [0.25, 0.3) is 10.9 Å². The lowest BCUT2D eigenvalue weighted by Crippen LogP contribution is -2.39. The zero-order chi connectivity index (χ0) is 19.2. The third-order valence-electron chi connectivity index (χ3n) is 4.97. The Morgan fingerprint density at radius 1 is 1.26 bits per heavy atom. The van der Waals surface area contributed by atoms with Gasteiger partial charge in [-0.1, -0.05) is 23.2 Å². The van der Waals surface area contributed by atoms with E-state index < -0.39 is 11.4 Å². The fourth-order valence-corrected chi connectivity index (χ4v) is 4.05. The predicted octanol–water partition coefficient (Wildman–Crippen LogP) is 3.68. The van der Waals surface area contributed by atoms with Crippen molar-refractivity contribution in [1.82, 2.24) is 14.9 Å². The molecule has 1 aromatic carbocycles. The summed E-state index contributed by atoms with van der Waals surface area (Å²) in [6.45, 7) is 1.14. The molecule has 0 aliphatic carbocycles. The lowest BCUT2D eigenvalue weighted by molar-refractivity contribution is 0.494. The summed E-state index contributed by atoms with van der Waals surface area (Å²) in [6, 6.07) is 8.18. The first-order valence-electron chi connectivity index (χ1n) is 8.50. The van der Waals surface area contributed by atoms with Gasteiger partial charge in [-0.25, -0.2) is 9.37 Å². The quantitative estimate of drug-likeness (QED) is 0.651. The molecule has 2 N–H and O–H groups in total. The zero-order valence-corrected chi connectivity index (χ0v) is 16.0. The highest BCUT2D eigenvalue weighted by Crippen LogP contribution is 2.40. The van der Waals surface area contributed by atoms with Crippen LogP contribution in [-0.4, -0.2) is 22.6 Å². The van der Waals surface area contributed by atoms with Gasteiger partial charge < -0.3 is 15.2 Å². The fourth-order valence-electron chi connectivity index (χ4n) is 3.56. The Hall–Kier alpha value is -2.15. The maximum absolute atomic E-state index is 14.7. The predicted molar refractivity (Wildman–Crippen MR) is 106 cm³/mol. The number of aromatic nitrogens is 2. The molecular formula is C19H17Cl2FN4O. The van der Waals surface area contributed by atoms with Crippen LogP contribution in [0.5, 0.6) is 0 Å². The molecule has 1 fully saturated rings. The highest BCUT2D eigenvalue weighted by atomic mass is 35.5. The molecule has 4 rings (SSSR count). The molecule has 3 aromatic rings. The zero-order valence-electron chi connectivity index (χ0n) is 14.5. The SMILES string of the molecule is Cn1ccc2ccc(N[C@@]3(c4c(F)ccc(Cl)c4Cl)CCNC3)nc2c1=O. The number of aryl methyl sites for hydroxylation is 1. The van der Waals surface area contributed by atoms with Crippen molar-refractivity contribution in [1.29, 1.82) is 0 Å². The Balaban J connectivity index is 1.84. The summed E-state index contributed by atoms with van der Waals surface area (Å²) < 4.78 is 16.2. The smallest absolute Gasteiger partial charge is 0.276 e. The molecule has 0 unspecified atom stereocenters. The summed E-state index contributed by atoms with van der Waals surface area (Å²) in [5.74, 6) is 0.0437. The number of nitrogens with zero attached hydrogens (tertiary/aromatic N) is 2. The van der Waals surface area contributed by atoms with Crippen LogP contribution in [0.4, 0.5) is 10.2 Å². The Morgan fingerprint density at radius 3 is 2.81 bits per heavy atom. The van der Waals surface area contributed by atoms with Crippen LogP contribution in [0.3, 0.4) is 0 Å². The van der Waals surface area contributed by atoms with E-state index in [-0.39, 0.29) is 10.6 Å². The third-order valence-corrected chi connectivity index (χ3v) is 5.78. The summed E-state index contributed by atoms with van der Waals surface area (Å²) in [5.41, 5.74) is -0.345. The van der Waals surface area contributed by atoms with Gasteiger partial charge in [0.2, 0.25) is 0 Å². The van der Waals surface area contributed by atoms with Crippen LogP contribution < -0.4 is 16.2 Å². The second-order valence-electron chi connectivity index (χ2n) is 6.72. The normalized spacial score (nSPS) is 19.6. The topological polar surface area (TPSA) is 59.0 Å². The molecule has 5 nitrogen and oxygen atoms in total. The highest BCUT2D eigenvalue weighted by Gasteiger charge is 2.40. The molecule has 27 heavy (non-hydrogen) atoms. The van der Waals surface area contributed by atoms with Gasteiger partial charge in [0.25, 0.3) is 5.56 Å². The molecule has 0 amide bonds. The van der Waals surface area contributed by atoms with Gasteiger partial charge in [0.05, 0.1) is 15.6 Å². The Labute approximate surface area is 165 Å². The first-order chi connectivity index (χ1) is 12.9. The van der Waals surface area contributed by atoms with E-state index in [2.05, 4.69) is 15.6 Å². The van der Waals surface area contributed by atoms with E-state index in [4.69, 9.17) is 23.2 Å². The van der Waals surface area contributed by atoms with E-state index >= 15 is 0 Å². The Morgan fingerprint density at radius 2 is 2.07 bits per heavy atom. The summed E-state index contributed by atoms with van der Waals surface area (Å²) >= 11 is 12.5. The van der Waals surface area contributed by atoms with Crippen molar-refractivity contribution in [3.63, 3.8) is 0 Å².